The molecule has 0 aromatic rings. The summed E-state index contributed by atoms with van der Waals surface area (Å²) in [4.78, 5) is 0. The van der Waals surface area contributed by atoms with Crippen LogP contribution in [-0.2, 0) is 14.6 Å². The van der Waals surface area contributed by atoms with E-state index in [9.17, 15) is 52.5 Å². The molecule has 0 aliphatic heterocycles. The minimum Gasteiger partial charge on any atom is -0.726 e. The van der Waals surface area contributed by atoms with Crippen LogP contribution in [0, 0.1) is 0 Å². The Hall–Kier alpha value is 0.240. The number of alkyl halides is 9. The van der Waals surface area contributed by atoms with E-state index >= 15 is 0 Å². The molecule has 4 nitrogen and oxygen atoms in total. The summed E-state index contributed by atoms with van der Waals surface area (Å²) in [5.41, 5.74) is 0. The zero-order valence-corrected chi connectivity index (χ0v) is 15.7. The first kappa shape index (κ1) is 27.5. The number of rotatable bonds is 9. The van der Waals surface area contributed by atoms with Gasteiger partial charge in [0, 0.05) is 6.42 Å². The standard InChI is InChI=1S/C10H13F9O4S.Na/c1-2-3-6(23-24(20,21)22)4-5-7(11,12)8(13,14)9(15,16)10(17,18)19;/h6H,2-5H2,1H3,(H,20,21,22);/q;+1/p-1. The first-order valence-corrected chi connectivity index (χ1v) is 7.56. The maximum Gasteiger partial charge on any atom is 1.00 e. The molecule has 1 atom stereocenters. The molecule has 0 spiro atoms. The van der Waals surface area contributed by atoms with Crippen molar-refractivity contribution in [3.8, 4) is 0 Å². The summed E-state index contributed by atoms with van der Waals surface area (Å²) >= 11 is 0. The predicted octanol–water partition coefficient (Wildman–Crippen LogP) is 0.884. The molecule has 0 saturated carbocycles. The molecule has 0 aromatic carbocycles. The number of halogens is 9. The average Bonchev–Trinajstić information content (AvgIpc) is 2.32. The monoisotopic (exact) mass is 422 g/mol. The third kappa shape index (κ3) is 7.05. The summed E-state index contributed by atoms with van der Waals surface area (Å²) in [5, 5.41) is 0. The largest absolute Gasteiger partial charge is 1.00 e. The van der Waals surface area contributed by atoms with Gasteiger partial charge in [0.15, 0.2) is 0 Å². The van der Waals surface area contributed by atoms with Gasteiger partial charge in [0.05, 0.1) is 6.10 Å². The van der Waals surface area contributed by atoms with Crippen LogP contribution in [0.5, 0.6) is 0 Å². The van der Waals surface area contributed by atoms with E-state index in [4.69, 9.17) is 0 Å². The van der Waals surface area contributed by atoms with Crippen LogP contribution in [0.3, 0.4) is 0 Å². The van der Waals surface area contributed by atoms with Crippen LogP contribution in [-0.4, -0.2) is 43.0 Å². The fraction of sp³-hybridized carbons (Fsp3) is 1.00. The third-order valence-electron chi connectivity index (χ3n) is 2.85. The van der Waals surface area contributed by atoms with Gasteiger partial charge in [-0.15, -0.1) is 0 Å². The summed E-state index contributed by atoms with van der Waals surface area (Å²) in [6.07, 6.45) is -12.8. The summed E-state index contributed by atoms with van der Waals surface area (Å²) in [7, 11) is -5.41. The first-order valence-electron chi connectivity index (χ1n) is 6.23. The normalized spacial score (nSPS) is 15.6. The second-order valence-corrected chi connectivity index (χ2v) is 5.81. The van der Waals surface area contributed by atoms with Gasteiger partial charge in [-0.05, 0) is 12.8 Å². The Morgan fingerprint density at radius 3 is 1.68 bits per heavy atom. The van der Waals surface area contributed by atoms with Crippen molar-refractivity contribution in [3.63, 3.8) is 0 Å². The molecular weight excluding hydrogens is 410 g/mol. The summed E-state index contributed by atoms with van der Waals surface area (Å²) in [6, 6.07) is 0. The van der Waals surface area contributed by atoms with E-state index in [2.05, 4.69) is 4.18 Å². The van der Waals surface area contributed by atoms with Gasteiger partial charge in [0.2, 0.25) is 10.4 Å². The van der Waals surface area contributed by atoms with E-state index < -0.39 is 59.7 Å². The topological polar surface area (TPSA) is 66.4 Å². The van der Waals surface area contributed by atoms with E-state index in [1.807, 2.05) is 0 Å². The molecule has 0 aliphatic rings. The molecule has 0 N–H and O–H groups in total. The van der Waals surface area contributed by atoms with Crippen molar-refractivity contribution in [3.05, 3.63) is 0 Å². The maximum absolute atomic E-state index is 13.2. The molecule has 1 unspecified atom stereocenters. The van der Waals surface area contributed by atoms with Crippen LogP contribution < -0.4 is 29.6 Å². The van der Waals surface area contributed by atoms with Crippen LogP contribution in [0.15, 0.2) is 0 Å². The zero-order chi connectivity index (χ0) is 19.6. The Morgan fingerprint density at radius 2 is 1.36 bits per heavy atom. The maximum atomic E-state index is 13.2. The molecule has 0 rings (SSSR count). The molecule has 0 bridgehead atoms. The molecule has 0 aliphatic carbocycles. The Bertz CT molecular complexity index is 521. The second kappa shape index (κ2) is 8.95. The fourth-order valence-corrected chi connectivity index (χ4v) is 2.16. The molecule has 25 heavy (non-hydrogen) atoms. The van der Waals surface area contributed by atoms with Gasteiger partial charge in [-0.3, -0.25) is 4.18 Å². The summed E-state index contributed by atoms with van der Waals surface area (Å²) in [5.74, 6) is -19.6. The molecule has 0 amide bonds. The van der Waals surface area contributed by atoms with Crippen molar-refractivity contribution in [1.29, 1.82) is 0 Å². The van der Waals surface area contributed by atoms with Gasteiger partial charge < -0.3 is 4.55 Å². The van der Waals surface area contributed by atoms with Gasteiger partial charge in [0.25, 0.3) is 0 Å². The van der Waals surface area contributed by atoms with Crippen LogP contribution in [0.4, 0.5) is 39.5 Å². The van der Waals surface area contributed by atoms with Gasteiger partial charge >= 0.3 is 53.5 Å². The molecule has 0 fully saturated rings. The SMILES string of the molecule is CCCC(CCC(F)(F)C(F)(F)C(F)(F)C(F)(F)F)OS(=O)(=O)[O-].[Na+]. The van der Waals surface area contributed by atoms with E-state index in [0.717, 1.165) is 0 Å². The van der Waals surface area contributed by atoms with Gasteiger partial charge in [-0.25, -0.2) is 8.42 Å². The molecule has 0 radical (unpaired) electrons. The molecule has 146 valence electrons. The number of hydrogen-bond acceptors (Lipinski definition) is 4. The molecule has 0 saturated heterocycles. The van der Waals surface area contributed by atoms with Gasteiger partial charge in [0.1, 0.15) is 0 Å². The van der Waals surface area contributed by atoms with E-state index in [-0.39, 0.29) is 36.0 Å². The van der Waals surface area contributed by atoms with Crippen molar-refractivity contribution >= 4 is 10.4 Å². The Morgan fingerprint density at radius 1 is 0.920 bits per heavy atom. The first-order chi connectivity index (χ1) is 10.4. The average molecular weight is 422 g/mol. The Labute approximate surface area is 159 Å². The molecule has 0 heterocycles. The van der Waals surface area contributed by atoms with Crippen molar-refractivity contribution in [1.82, 2.24) is 0 Å². The van der Waals surface area contributed by atoms with Crippen molar-refractivity contribution < 1.29 is 86.2 Å². The van der Waals surface area contributed by atoms with Crippen molar-refractivity contribution in [2.24, 2.45) is 0 Å². The van der Waals surface area contributed by atoms with Gasteiger partial charge in [-0.2, -0.15) is 39.5 Å². The van der Waals surface area contributed by atoms with Gasteiger partial charge in [-0.1, -0.05) is 13.3 Å². The third-order valence-corrected chi connectivity index (χ3v) is 3.36. The van der Waals surface area contributed by atoms with Crippen molar-refractivity contribution in [2.45, 2.75) is 62.7 Å². The second-order valence-electron chi connectivity index (χ2n) is 4.80. The minimum atomic E-state index is -7.02. The van der Waals surface area contributed by atoms with E-state index in [0.29, 0.717) is 0 Å². The van der Waals surface area contributed by atoms with Crippen LogP contribution in [0.25, 0.3) is 0 Å². The van der Waals surface area contributed by atoms with E-state index in [1.54, 1.807) is 0 Å². The Balaban J connectivity index is 0. The van der Waals surface area contributed by atoms with Crippen LogP contribution in [0.2, 0.25) is 0 Å². The van der Waals surface area contributed by atoms with Crippen LogP contribution in [0.1, 0.15) is 32.6 Å². The Kier molecular flexibility index (Phi) is 9.83. The summed E-state index contributed by atoms with van der Waals surface area (Å²) in [6.45, 7) is 1.36. The minimum absolute atomic E-state index is 0. The van der Waals surface area contributed by atoms with Crippen molar-refractivity contribution in [2.75, 3.05) is 0 Å². The number of hydrogen-bond donors (Lipinski definition) is 0. The fourth-order valence-electron chi connectivity index (χ4n) is 1.64. The zero-order valence-electron chi connectivity index (χ0n) is 12.8. The predicted molar refractivity (Wildman–Crippen MR) is 59.6 cm³/mol. The molecule has 15 heteroatoms. The molecule has 0 aromatic heterocycles. The quantitative estimate of drug-likeness (QED) is 0.240. The summed E-state index contributed by atoms with van der Waals surface area (Å²) < 4.78 is 148. The van der Waals surface area contributed by atoms with E-state index in [1.165, 1.54) is 6.92 Å². The smallest absolute Gasteiger partial charge is 0.726 e. The van der Waals surface area contributed by atoms with Crippen LogP contribution >= 0.6 is 0 Å². The molecular formula is C10H12F9NaO4S.